The quantitative estimate of drug-likeness (QED) is 0.389. The molecule has 0 radical (unpaired) electrons. The Morgan fingerprint density at radius 1 is 0.800 bits per heavy atom. The number of rotatable bonds is 2. The minimum atomic E-state index is -0.152. The van der Waals surface area contributed by atoms with Gasteiger partial charge >= 0.3 is 0 Å². The predicted octanol–water partition coefficient (Wildman–Crippen LogP) is 6.37. The maximum Gasteiger partial charge on any atom is 0.131 e. The first-order chi connectivity index (χ1) is 12.1. The van der Waals surface area contributed by atoms with Crippen molar-refractivity contribution in [2.24, 2.45) is 0 Å². The molecule has 25 heavy (non-hydrogen) atoms. The topological polar surface area (TPSA) is 12.9 Å². The van der Waals surface area contributed by atoms with Gasteiger partial charge in [-0.1, -0.05) is 42.3 Å². The molecule has 0 saturated heterocycles. The Balaban J connectivity index is 2.08. The molecule has 0 bridgehead atoms. The first kappa shape index (κ1) is 15.8. The third-order valence-electron chi connectivity index (χ3n) is 4.79. The van der Waals surface area contributed by atoms with Gasteiger partial charge in [-0.2, -0.15) is 0 Å². The second-order valence-electron chi connectivity index (χ2n) is 6.72. The summed E-state index contributed by atoms with van der Waals surface area (Å²) >= 11 is 0. The van der Waals surface area contributed by atoms with E-state index in [1.807, 2.05) is 31.3 Å². The Hall–Kier alpha value is -2.74. The van der Waals surface area contributed by atoms with Crippen LogP contribution in [0.3, 0.4) is 0 Å². The highest BCUT2D eigenvalue weighted by atomic mass is 19.1. The number of pyridine rings is 1. The molecule has 2 heteroatoms. The van der Waals surface area contributed by atoms with Crippen molar-refractivity contribution in [3.8, 4) is 11.3 Å². The van der Waals surface area contributed by atoms with Crippen LogP contribution in [0.4, 0.5) is 4.39 Å². The number of fused-ring (bicyclic) bond motifs is 3. The van der Waals surface area contributed by atoms with Crippen molar-refractivity contribution in [3.05, 3.63) is 77.2 Å². The smallest absolute Gasteiger partial charge is 0.131 e. The van der Waals surface area contributed by atoms with Crippen LogP contribution < -0.4 is 0 Å². The van der Waals surface area contributed by atoms with E-state index in [9.17, 15) is 4.39 Å². The van der Waals surface area contributed by atoms with Crippen molar-refractivity contribution in [2.75, 3.05) is 0 Å². The van der Waals surface area contributed by atoms with Gasteiger partial charge in [0.1, 0.15) is 5.82 Å². The van der Waals surface area contributed by atoms with Gasteiger partial charge in [0, 0.05) is 22.5 Å². The van der Waals surface area contributed by atoms with E-state index >= 15 is 0 Å². The fraction of sp³-hybridized carbons (Fsp3) is 0.174. The number of benzene rings is 3. The summed E-state index contributed by atoms with van der Waals surface area (Å²) in [5, 5.41) is 3.74. The lowest BCUT2D eigenvalue weighted by Gasteiger charge is -2.11. The monoisotopic (exact) mass is 329 g/mol. The van der Waals surface area contributed by atoms with E-state index < -0.39 is 0 Å². The number of hydrogen-bond donors (Lipinski definition) is 0. The molecule has 0 amide bonds. The molecule has 3 aromatic carbocycles. The lowest BCUT2D eigenvalue weighted by molar-refractivity contribution is 0.638. The van der Waals surface area contributed by atoms with Crippen LogP contribution in [0.15, 0.2) is 54.7 Å². The molecule has 4 rings (SSSR count). The average Bonchev–Trinajstić information content (AvgIpc) is 2.60. The summed E-state index contributed by atoms with van der Waals surface area (Å²) in [7, 11) is 0. The summed E-state index contributed by atoms with van der Waals surface area (Å²) in [5.74, 6) is -0.152. The van der Waals surface area contributed by atoms with E-state index in [0.29, 0.717) is 5.39 Å². The second kappa shape index (κ2) is 5.96. The zero-order valence-corrected chi connectivity index (χ0v) is 14.7. The Morgan fingerprint density at radius 2 is 1.52 bits per heavy atom. The van der Waals surface area contributed by atoms with Crippen LogP contribution in [0.2, 0.25) is 0 Å². The molecule has 0 aliphatic heterocycles. The van der Waals surface area contributed by atoms with Gasteiger partial charge in [0.2, 0.25) is 0 Å². The normalized spacial score (nSPS) is 11.4. The van der Waals surface area contributed by atoms with Crippen LogP contribution >= 0.6 is 0 Å². The third-order valence-corrected chi connectivity index (χ3v) is 4.79. The van der Waals surface area contributed by atoms with Crippen molar-refractivity contribution in [2.45, 2.75) is 27.2 Å². The molecule has 124 valence electrons. The van der Waals surface area contributed by atoms with Crippen molar-refractivity contribution < 1.29 is 4.39 Å². The summed E-state index contributed by atoms with van der Waals surface area (Å²) in [5.41, 5.74) is 5.51. The standard InChI is InChI=1S/C23H20FN/c1-4-16-12-21-18-7-8-25-23(17-10-14(2)9-15(3)11-17)20(18)6-5-19(21)22(24)13-16/h5-13H,4H2,1-3H3. The largest absolute Gasteiger partial charge is 0.256 e. The van der Waals surface area contributed by atoms with Gasteiger partial charge in [0.25, 0.3) is 0 Å². The molecule has 1 heterocycles. The van der Waals surface area contributed by atoms with Crippen LogP contribution in [-0.2, 0) is 6.42 Å². The van der Waals surface area contributed by atoms with E-state index in [2.05, 4.69) is 43.1 Å². The van der Waals surface area contributed by atoms with Gasteiger partial charge in [0.15, 0.2) is 0 Å². The van der Waals surface area contributed by atoms with E-state index in [1.165, 1.54) is 11.1 Å². The van der Waals surface area contributed by atoms with E-state index in [0.717, 1.165) is 39.4 Å². The highest BCUT2D eigenvalue weighted by molar-refractivity contribution is 6.11. The molecule has 0 saturated carbocycles. The van der Waals surface area contributed by atoms with Gasteiger partial charge < -0.3 is 0 Å². The number of halogens is 1. The molecule has 0 unspecified atom stereocenters. The van der Waals surface area contributed by atoms with Crippen LogP contribution in [0.1, 0.15) is 23.6 Å². The average molecular weight is 329 g/mol. The SMILES string of the molecule is CCc1cc(F)c2ccc3c(-c4cc(C)cc(C)c4)nccc3c2c1. The maximum atomic E-state index is 14.5. The summed E-state index contributed by atoms with van der Waals surface area (Å²) < 4.78 is 14.5. The number of hydrogen-bond acceptors (Lipinski definition) is 1. The maximum absolute atomic E-state index is 14.5. The van der Waals surface area contributed by atoms with Gasteiger partial charge in [-0.05, 0) is 60.9 Å². The first-order valence-corrected chi connectivity index (χ1v) is 8.65. The molecule has 0 N–H and O–H groups in total. The minimum Gasteiger partial charge on any atom is -0.256 e. The van der Waals surface area contributed by atoms with Crippen LogP contribution in [0, 0.1) is 19.7 Å². The lowest BCUT2D eigenvalue weighted by atomic mass is 9.95. The predicted molar refractivity (Wildman–Crippen MR) is 103 cm³/mol. The highest BCUT2D eigenvalue weighted by Crippen LogP contribution is 2.34. The van der Waals surface area contributed by atoms with Gasteiger partial charge in [-0.25, -0.2) is 4.39 Å². The fourth-order valence-electron chi connectivity index (χ4n) is 3.66. The Morgan fingerprint density at radius 3 is 2.24 bits per heavy atom. The number of aromatic nitrogens is 1. The Kier molecular flexibility index (Phi) is 3.76. The van der Waals surface area contributed by atoms with Crippen LogP contribution in [-0.4, -0.2) is 4.98 Å². The number of aryl methyl sites for hydroxylation is 3. The summed E-state index contributed by atoms with van der Waals surface area (Å²) in [4.78, 5) is 4.64. The Labute approximate surface area is 147 Å². The van der Waals surface area contributed by atoms with E-state index in [-0.39, 0.29) is 5.82 Å². The molecule has 0 aliphatic carbocycles. The fourth-order valence-corrected chi connectivity index (χ4v) is 3.66. The van der Waals surface area contributed by atoms with Crippen molar-refractivity contribution in [1.82, 2.24) is 4.98 Å². The first-order valence-electron chi connectivity index (χ1n) is 8.65. The summed E-state index contributed by atoms with van der Waals surface area (Å²) in [6.07, 6.45) is 2.64. The van der Waals surface area contributed by atoms with E-state index in [1.54, 1.807) is 6.07 Å². The molecule has 0 spiro atoms. The van der Waals surface area contributed by atoms with Crippen molar-refractivity contribution in [3.63, 3.8) is 0 Å². The zero-order valence-electron chi connectivity index (χ0n) is 14.7. The van der Waals surface area contributed by atoms with Gasteiger partial charge in [-0.15, -0.1) is 0 Å². The molecule has 0 aliphatic rings. The van der Waals surface area contributed by atoms with E-state index in [4.69, 9.17) is 0 Å². The van der Waals surface area contributed by atoms with Gasteiger partial charge in [0.05, 0.1) is 5.69 Å². The molecule has 4 aromatic rings. The molecular weight excluding hydrogens is 309 g/mol. The number of nitrogens with zero attached hydrogens (tertiary/aromatic N) is 1. The second-order valence-corrected chi connectivity index (χ2v) is 6.72. The molecule has 1 aromatic heterocycles. The van der Waals surface area contributed by atoms with Crippen LogP contribution in [0.25, 0.3) is 32.8 Å². The Bertz CT molecular complexity index is 1090. The van der Waals surface area contributed by atoms with Crippen LogP contribution in [0.5, 0.6) is 0 Å². The molecule has 0 atom stereocenters. The van der Waals surface area contributed by atoms with Crippen molar-refractivity contribution in [1.29, 1.82) is 0 Å². The van der Waals surface area contributed by atoms with Crippen molar-refractivity contribution >= 4 is 21.5 Å². The third kappa shape index (κ3) is 2.68. The van der Waals surface area contributed by atoms with Gasteiger partial charge in [-0.3, -0.25) is 4.98 Å². The summed E-state index contributed by atoms with van der Waals surface area (Å²) in [6, 6.07) is 16.1. The minimum absolute atomic E-state index is 0.152. The zero-order chi connectivity index (χ0) is 17.6. The molecule has 0 fully saturated rings. The summed E-state index contributed by atoms with van der Waals surface area (Å²) in [6.45, 7) is 6.24. The highest BCUT2D eigenvalue weighted by Gasteiger charge is 2.11. The molecule has 1 nitrogen and oxygen atoms in total. The molecular formula is C23H20FN. The lowest BCUT2D eigenvalue weighted by Crippen LogP contribution is -1.91.